The summed E-state index contributed by atoms with van der Waals surface area (Å²) in [7, 11) is 0. The summed E-state index contributed by atoms with van der Waals surface area (Å²) in [6, 6.07) is 0. The van der Waals surface area contributed by atoms with Crippen LogP contribution in [-0.4, -0.2) is 11.2 Å². The first-order valence-corrected chi connectivity index (χ1v) is 5.29. The molecule has 5 atom stereocenters. The van der Waals surface area contributed by atoms with Gasteiger partial charge in [-0.05, 0) is 43.9 Å². The molecule has 4 rings (SSSR count). The fourth-order valence-electron chi connectivity index (χ4n) is 4.04. The van der Waals surface area contributed by atoms with Crippen LogP contribution in [0.25, 0.3) is 0 Å². The maximum atomic E-state index is 6.03. The number of epoxide rings is 1. The molecule has 1 nitrogen and oxygen atoms in total. The topological polar surface area (TPSA) is 12.5 Å². The van der Waals surface area contributed by atoms with Gasteiger partial charge in [-0.15, -0.1) is 0 Å². The summed E-state index contributed by atoms with van der Waals surface area (Å²) in [5.41, 5.74) is 0.614. The number of hydrogen-bond acceptors (Lipinski definition) is 1. The van der Waals surface area contributed by atoms with Gasteiger partial charge in [0, 0.05) is 0 Å². The molecule has 68 valence electrons. The van der Waals surface area contributed by atoms with Gasteiger partial charge >= 0.3 is 0 Å². The smallest absolute Gasteiger partial charge is 0.0982 e. The van der Waals surface area contributed by atoms with E-state index in [9.17, 15) is 0 Å². The second kappa shape index (κ2) is 1.75. The van der Waals surface area contributed by atoms with Crippen LogP contribution in [0.5, 0.6) is 0 Å². The normalized spacial score (nSPS) is 67.8. The molecule has 0 aromatic rings. The molecule has 1 spiro atoms. The highest BCUT2D eigenvalue weighted by Gasteiger charge is 2.75. The Morgan fingerprint density at radius 3 is 2.67 bits per heavy atom. The zero-order valence-electron chi connectivity index (χ0n) is 8.26. The van der Waals surface area contributed by atoms with Crippen molar-refractivity contribution in [1.82, 2.24) is 0 Å². The van der Waals surface area contributed by atoms with Crippen LogP contribution >= 0.6 is 0 Å². The molecule has 1 heteroatoms. The van der Waals surface area contributed by atoms with Gasteiger partial charge in [0.25, 0.3) is 0 Å². The summed E-state index contributed by atoms with van der Waals surface area (Å²) in [6.07, 6.45) is 4.08. The van der Waals surface area contributed by atoms with Gasteiger partial charge in [-0.2, -0.15) is 0 Å². The Bertz CT molecular complexity index is 237. The Kier molecular flexibility index (Phi) is 1.07. The van der Waals surface area contributed by atoms with Gasteiger partial charge in [0.1, 0.15) is 0 Å². The van der Waals surface area contributed by atoms with Gasteiger partial charge in [0.05, 0.1) is 11.2 Å². The SMILES string of the molecule is CC1CC23CCC1C(C)C2(C)O3. The van der Waals surface area contributed by atoms with Crippen LogP contribution in [0.1, 0.15) is 40.0 Å². The Morgan fingerprint density at radius 2 is 2.08 bits per heavy atom. The summed E-state index contributed by atoms with van der Waals surface area (Å²) in [6.45, 7) is 7.13. The van der Waals surface area contributed by atoms with E-state index in [1.807, 2.05) is 0 Å². The average Bonchev–Trinajstić information content (AvgIpc) is 2.58. The number of ether oxygens (including phenoxy) is 1. The van der Waals surface area contributed by atoms with Crippen LogP contribution < -0.4 is 0 Å². The molecule has 4 aliphatic rings. The van der Waals surface area contributed by atoms with E-state index < -0.39 is 0 Å². The third kappa shape index (κ3) is 0.555. The fourth-order valence-corrected chi connectivity index (χ4v) is 4.04. The first-order chi connectivity index (χ1) is 5.59. The Labute approximate surface area is 74.5 Å². The number of hydrogen-bond donors (Lipinski definition) is 0. The zero-order valence-corrected chi connectivity index (χ0v) is 8.26. The van der Waals surface area contributed by atoms with Gasteiger partial charge in [-0.3, -0.25) is 0 Å². The minimum atomic E-state index is 0.280. The molecule has 12 heavy (non-hydrogen) atoms. The highest BCUT2D eigenvalue weighted by molar-refractivity contribution is 5.23. The van der Waals surface area contributed by atoms with Crippen LogP contribution in [0.2, 0.25) is 0 Å². The van der Waals surface area contributed by atoms with Crippen molar-refractivity contribution in [2.45, 2.75) is 51.2 Å². The quantitative estimate of drug-likeness (QED) is 0.504. The second-order valence-electron chi connectivity index (χ2n) is 5.38. The van der Waals surface area contributed by atoms with E-state index >= 15 is 0 Å². The van der Waals surface area contributed by atoms with E-state index in [1.54, 1.807) is 0 Å². The van der Waals surface area contributed by atoms with Crippen molar-refractivity contribution >= 4 is 0 Å². The Hall–Kier alpha value is -0.0400. The molecule has 3 aliphatic carbocycles. The Morgan fingerprint density at radius 1 is 1.33 bits per heavy atom. The van der Waals surface area contributed by atoms with Crippen molar-refractivity contribution in [3.8, 4) is 0 Å². The average molecular weight is 166 g/mol. The minimum Gasteiger partial charge on any atom is -0.363 e. The molecule has 0 amide bonds. The van der Waals surface area contributed by atoms with Crippen LogP contribution in [0.3, 0.4) is 0 Å². The Balaban J connectivity index is 2.02. The first kappa shape index (κ1) is 7.37. The largest absolute Gasteiger partial charge is 0.363 e. The van der Waals surface area contributed by atoms with Crippen molar-refractivity contribution in [2.24, 2.45) is 17.8 Å². The summed E-state index contributed by atoms with van der Waals surface area (Å²) in [5, 5.41) is 0. The second-order valence-corrected chi connectivity index (χ2v) is 5.38. The monoisotopic (exact) mass is 166 g/mol. The van der Waals surface area contributed by atoms with E-state index in [1.165, 1.54) is 19.3 Å². The molecular weight excluding hydrogens is 148 g/mol. The van der Waals surface area contributed by atoms with Gasteiger partial charge < -0.3 is 4.74 Å². The molecular formula is C11H18O. The molecule has 1 aliphatic heterocycles. The molecule has 0 aromatic carbocycles. The lowest BCUT2D eigenvalue weighted by Gasteiger charge is -2.45. The van der Waals surface area contributed by atoms with Gasteiger partial charge in [0.2, 0.25) is 0 Å². The molecule has 0 aromatic heterocycles. The molecule has 2 bridgehead atoms. The van der Waals surface area contributed by atoms with Crippen molar-refractivity contribution in [1.29, 1.82) is 0 Å². The lowest BCUT2D eigenvalue weighted by Crippen LogP contribution is -2.48. The fraction of sp³-hybridized carbons (Fsp3) is 1.00. The summed E-state index contributed by atoms with van der Waals surface area (Å²) in [5.74, 6) is 2.65. The molecule has 1 saturated heterocycles. The van der Waals surface area contributed by atoms with Gasteiger partial charge in [-0.1, -0.05) is 13.8 Å². The standard InChI is InChI=1S/C11H18O/c1-7-6-11-5-4-9(7)8(2)10(11,3)12-11/h7-9H,4-6H2,1-3H3. The molecule has 1 heterocycles. The van der Waals surface area contributed by atoms with Crippen LogP contribution in [0.15, 0.2) is 0 Å². The maximum Gasteiger partial charge on any atom is 0.0982 e. The highest BCUT2D eigenvalue weighted by atomic mass is 16.6. The minimum absolute atomic E-state index is 0.280. The zero-order chi connectivity index (χ0) is 8.56. The molecule has 4 fully saturated rings. The predicted octanol–water partition coefficient (Wildman–Crippen LogP) is 2.60. The number of rotatable bonds is 0. The predicted molar refractivity (Wildman–Crippen MR) is 47.9 cm³/mol. The van der Waals surface area contributed by atoms with E-state index in [2.05, 4.69) is 20.8 Å². The lowest BCUT2D eigenvalue weighted by atomic mass is 9.56. The molecule has 0 N–H and O–H groups in total. The summed E-state index contributed by atoms with van der Waals surface area (Å²) >= 11 is 0. The van der Waals surface area contributed by atoms with Crippen molar-refractivity contribution < 1.29 is 4.74 Å². The number of fused-ring (bicyclic) bond motifs is 2. The van der Waals surface area contributed by atoms with Crippen molar-refractivity contribution in [3.05, 3.63) is 0 Å². The molecule has 5 unspecified atom stereocenters. The highest BCUT2D eigenvalue weighted by Crippen LogP contribution is 2.69. The van der Waals surface area contributed by atoms with Crippen molar-refractivity contribution in [2.75, 3.05) is 0 Å². The van der Waals surface area contributed by atoms with Crippen LogP contribution in [-0.2, 0) is 4.74 Å². The molecule has 0 radical (unpaired) electrons. The third-order valence-electron chi connectivity index (χ3n) is 5.05. The lowest BCUT2D eigenvalue weighted by molar-refractivity contribution is 0.0733. The summed E-state index contributed by atoms with van der Waals surface area (Å²) in [4.78, 5) is 0. The van der Waals surface area contributed by atoms with Crippen molar-refractivity contribution in [3.63, 3.8) is 0 Å². The maximum absolute atomic E-state index is 6.03. The van der Waals surface area contributed by atoms with E-state index in [0.717, 1.165) is 17.8 Å². The van der Waals surface area contributed by atoms with Gasteiger partial charge in [-0.25, -0.2) is 0 Å². The van der Waals surface area contributed by atoms with E-state index in [0.29, 0.717) is 5.60 Å². The van der Waals surface area contributed by atoms with Crippen LogP contribution in [0, 0.1) is 17.8 Å². The van der Waals surface area contributed by atoms with Gasteiger partial charge in [0.15, 0.2) is 0 Å². The third-order valence-corrected chi connectivity index (χ3v) is 5.05. The van der Waals surface area contributed by atoms with E-state index in [4.69, 9.17) is 4.74 Å². The molecule has 3 saturated carbocycles. The van der Waals surface area contributed by atoms with Crippen LogP contribution in [0.4, 0.5) is 0 Å². The van der Waals surface area contributed by atoms with E-state index in [-0.39, 0.29) is 5.60 Å². The first-order valence-electron chi connectivity index (χ1n) is 5.29. The summed E-state index contributed by atoms with van der Waals surface area (Å²) < 4.78 is 6.03.